The number of aromatic nitrogens is 1. The van der Waals surface area contributed by atoms with E-state index in [9.17, 15) is 17.9 Å². The fourth-order valence-electron chi connectivity index (χ4n) is 4.18. The summed E-state index contributed by atoms with van der Waals surface area (Å²) in [6, 6.07) is 8.79. The van der Waals surface area contributed by atoms with Crippen molar-refractivity contribution in [3.63, 3.8) is 0 Å². The highest BCUT2D eigenvalue weighted by Crippen LogP contribution is 2.66. The van der Waals surface area contributed by atoms with Crippen molar-refractivity contribution in [2.45, 2.75) is 36.5 Å². The Balaban J connectivity index is 1.72. The molecule has 31 heavy (non-hydrogen) atoms. The summed E-state index contributed by atoms with van der Waals surface area (Å²) >= 11 is 0. The number of amidine groups is 1. The number of hydrogen-bond donors (Lipinski definition) is 3. The molecule has 4 rings (SSSR count). The van der Waals surface area contributed by atoms with Gasteiger partial charge in [0.15, 0.2) is 0 Å². The molecule has 2 heterocycles. The van der Waals surface area contributed by atoms with Gasteiger partial charge in [-0.25, -0.2) is 8.78 Å². The van der Waals surface area contributed by atoms with Crippen molar-refractivity contribution in [1.82, 2.24) is 4.98 Å². The molecule has 1 aromatic carbocycles. The molecule has 2 aliphatic rings. The van der Waals surface area contributed by atoms with E-state index in [1.165, 1.54) is 42.6 Å². The fraction of sp³-hybridized carbons (Fsp3) is 0.318. The van der Waals surface area contributed by atoms with Crippen LogP contribution in [0.1, 0.15) is 48.6 Å². The van der Waals surface area contributed by atoms with Crippen molar-refractivity contribution in [1.29, 1.82) is 5.26 Å². The second-order valence-electron chi connectivity index (χ2n) is 8.21. The number of halogens is 2. The third-order valence-electron chi connectivity index (χ3n) is 6.10. The zero-order valence-corrected chi connectivity index (χ0v) is 17.7. The first kappa shape index (κ1) is 21.4. The van der Waals surface area contributed by atoms with E-state index in [2.05, 4.69) is 9.98 Å². The van der Waals surface area contributed by atoms with Crippen LogP contribution in [0.3, 0.4) is 0 Å². The maximum atomic E-state index is 14.8. The average molecular weight is 445 g/mol. The Morgan fingerprint density at radius 1 is 1.29 bits per heavy atom. The van der Waals surface area contributed by atoms with E-state index in [0.29, 0.717) is 24.0 Å². The minimum atomic E-state index is -3.14. The van der Waals surface area contributed by atoms with Crippen LogP contribution in [-0.4, -0.2) is 30.4 Å². The Hall–Kier alpha value is -2.80. The Labute approximate surface area is 180 Å². The van der Waals surface area contributed by atoms with E-state index < -0.39 is 32.5 Å². The van der Waals surface area contributed by atoms with Gasteiger partial charge in [0.1, 0.15) is 33.8 Å². The van der Waals surface area contributed by atoms with Gasteiger partial charge in [0.2, 0.25) is 0 Å². The maximum absolute atomic E-state index is 14.8. The first-order valence-electron chi connectivity index (χ1n) is 9.75. The Bertz CT molecular complexity index is 1140. The van der Waals surface area contributed by atoms with Gasteiger partial charge in [0.25, 0.3) is 0 Å². The van der Waals surface area contributed by atoms with Gasteiger partial charge in [-0.1, -0.05) is 6.07 Å². The van der Waals surface area contributed by atoms with E-state index >= 15 is 0 Å². The summed E-state index contributed by atoms with van der Waals surface area (Å²) < 4.78 is 50.3. The quantitative estimate of drug-likeness (QED) is 0.628. The molecule has 0 amide bonds. The first-order valence-corrected chi connectivity index (χ1v) is 11.5. The zero-order valence-electron chi connectivity index (χ0n) is 16.8. The van der Waals surface area contributed by atoms with E-state index in [-0.39, 0.29) is 22.8 Å². The molecule has 1 aromatic heterocycles. The predicted octanol–water partition coefficient (Wildman–Crippen LogP) is 4.82. The van der Waals surface area contributed by atoms with E-state index in [1.807, 2.05) is 6.07 Å². The number of nitriles is 1. The smallest absolute Gasteiger partial charge is 0.149 e. The van der Waals surface area contributed by atoms with Gasteiger partial charge in [0, 0.05) is 11.8 Å². The summed E-state index contributed by atoms with van der Waals surface area (Å²) in [7, 11) is -3.14. The molecule has 1 aliphatic heterocycles. The minimum absolute atomic E-state index is 0.0390. The number of benzene rings is 1. The molecule has 1 fully saturated rings. The molecule has 4 N–H and O–H groups in total. The zero-order chi connectivity index (χ0) is 22.4. The molecule has 6 nitrogen and oxygen atoms in total. The van der Waals surface area contributed by atoms with Gasteiger partial charge < -0.3 is 5.73 Å². The van der Waals surface area contributed by atoms with Crippen LogP contribution in [0.4, 0.5) is 8.78 Å². The second-order valence-corrected chi connectivity index (χ2v) is 10.6. The van der Waals surface area contributed by atoms with Gasteiger partial charge in [-0.3, -0.25) is 19.1 Å². The Morgan fingerprint density at radius 2 is 2.03 bits per heavy atom. The molecule has 0 unspecified atom stereocenters. The van der Waals surface area contributed by atoms with Gasteiger partial charge in [-0.05, 0) is 62.1 Å². The minimum Gasteiger partial charge on any atom is -0.386 e. The fourth-order valence-corrected chi connectivity index (χ4v) is 6.79. The molecular formula is C22H22F2N4O2S. The van der Waals surface area contributed by atoms with Crippen LogP contribution in [0.25, 0.3) is 11.9 Å². The van der Waals surface area contributed by atoms with Crippen molar-refractivity contribution in [3.05, 3.63) is 64.7 Å². The van der Waals surface area contributed by atoms with Crippen LogP contribution in [-0.2, 0) is 5.54 Å². The first-order chi connectivity index (χ1) is 14.6. The highest BCUT2D eigenvalue weighted by molar-refractivity contribution is 8.26. The lowest BCUT2D eigenvalue weighted by molar-refractivity contribution is 0.341. The SMILES string of the molecule is C[C@@]1(c2cc(/C=C(\F)c3ccc(C#N)cn3)ccc2F)CS(O)(O)C2(CCC2)C(N)=N1. The summed E-state index contributed by atoms with van der Waals surface area (Å²) in [5, 5.41) is 8.83. The van der Waals surface area contributed by atoms with Gasteiger partial charge in [-0.15, -0.1) is 0 Å². The molecule has 2 aromatic rings. The molecule has 1 spiro atoms. The molecular weight excluding hydrogens is 422 g/mol. The maximum Gasteiger partial charge on any atom is 0.149 e. The normalized spacial score (nSPS) is 25.3. The van der Waals surface area contributed by atoms with E-state index in [0.717, 1.165) is 6.42 Å². The lowest BCUT2D eigenvalue weighted by Crippen LogP contribution is -2.59. The lowest BCUT2D eigenvalue weighted by atomic mass is 9.82. The highest BCUT2D eigenvalue weighted by Gasteiger charge is 2.57. The number of nitrogens with two attached hydrogens (primary N) is 1. The van der Waals surface area contributed by atoms with Gasteiger partial charge >= 0.3 is 0 Å². The van der Waals surface area contributed by atoms with Crippen molar-refractivity contribution in [3.8, 4) is 6.07 Å². The topological polar surface area (TPSA) is 116 Å². The van der Waals surface area contributed by atoms with Crippen molar-refractivity contribution in [2.75, 3.05) is 5.75 Å². The lowest BCUT2D eigenvalue weighted by Gasteiger charge is -2.60. The van der Waals surface area contributed by atoms with Crippen LogP contribution < -0.4 is 5.73 Å². The van der Waals surface area contributed by atoms with Crippen LogP contribution in [0, 0.1) is 17.1 Å². The average Bonchev–Trinajstić information content (AvgIpc) is 2.67. The predicted molar refractivity (Wildman–Crippen MR) is 118 cm³/mol. The molecule has 0 radical (unpaired) electrons. The number of nitrogens with zero attached hydrogens (tertiary/aromatic N) is 3. The van der Waals surface area contributed by atoms with Crippen LogP contribution >= 0.6 is 10.6 Å². The third kappa shape index (κ3) is 3.51. The standard InChI is InChI=1S/C22H22F2N4O2S/c1-21(13-31(29,30)22(7-2-8-22)20(26)28-21)16-9-14(3-5-17(16)23)10-18(24)19-6-4-15(11-25)12-27-19/h3-6,9-10,12,29-30H,2,7-8,13H2,1H3,(H2,26,28)/b18-10-/t21-/m0/s1. The Morgan fingerprint density at radius 3 is 2.58 bits per heavy atom. The number of pyridine rings is 1. The summed E-state index contributed by atoms with van der Waals surface area (Å²) in [5.41, 5.74) is 5.68. The molecule has 0 bridgehead atoms. The summed E-state index contributed by atoms with van der Waals surface area (Å²) in [5.74, 6) is -1.25. The number of rotatable bonds is 3. The van der Waals surface area contributed by atoms with E-state index in [4.69, 9.17) is 11.0 Å². The van der Waals surface area contributed by atoms with Crippen LogP contribution in [0.5, 0.6) is 0 Å². The van der Waals surface area contributed by atoms with Crippen LogP contribution in [0.2, 0.25) is 0 Å². The molecule has 1 atom stereocenters. The summed E-state index contributed by atoms with van der Waals surface area (Å²) in [6.07, 6.45) is 4.40. The molecule has 1 saturated carbocycles. The molecule has 1 aliphatic carbocycles. The highest BCUT2D eigenvalue weighted by atomic mass is 32.3. The summed E-state index contributed by atoms with van der Waals surface area (Å²) in [6.45, 7) is 1.60. The van der Waals surface area contributed by atoms with Crippen molar-refractivity contribution in [2.24, 2.45) is 10.7 Å². The number of aliphatic imine (C=N–C) groups is 1. The molecule has 162 valence electrons. The van der Waals surface area contributed by atoms with Crippen molar-refractivity contribution >= 4 is 28.3 Å². The largest absolute Gasteiger partial charge is 0.386 e. The van der Waals surface area contributed by atoms with Crippen molar-refractivity contribution < 1.29 is 17.9 Å². The monoisotopic (exact) mass is 444 g/mol. The molecule has 0 saturated heterocycles. The van der Waals surface area contributed by atoms with Gasteiger partial charge in [0.05, 0.1) is 17.0 Å². The third-order valence-corrected chi connectivity index (χ3v) is 8.94. The van der Waals surface area contributed by atoms with Gasteiger partial charge in [-0.2, -0.15) is 15.9 Å². The Kier molecular flexibility index (Phi) is 5.12. The second kappa shape index (κ2) is 7.41. The summed E-state index contributed by atoms with van der Waals surface area (Å²) in [4.78, 5) is 8.42. The van der Waals surface area contributed by atoms with Crippen LogP contribution in [0.15, 0.2) is 41.5 Å². The molecule has 9 heteroatoms. The van der Waals surface area contributed by atoms with E-state index in [1.54, 1.807) is 6.92 Å². The number of hydrogen-bond acceptors (Lipinski definition) is 6.